The van der Waals surface area contributed by atoms with Crippen molar-refractivity contribution in [3.05, 3.63) is 93.3 Å². The Labute approximate surface area is 194 Å². The number of allylic oxidation sites excluding steroid dienone is 1. The van der Waals surface area contributed by atoms with Gasteiger partial charge in [0.2, 0.25) is 0 Å². The SMILES string of the molecule is C=CCn1c(SCc2ccc(C)cc2C)nc2c(c1=O)C1(CCCC1)Cc1ccccc1-2. The van der Waals surface area contributed by atoms with Crippen molar-refractivity contribution >= 4 is 11.8 Å². The zero-order valence-electron chi connectivity index (χ0n) is 19.0. The molecule has 32 heavy (non-hydrogen) atoms. The van der Waals surface area contributed by atoms with Gasteiger partial charge in [-0.05, 0) is 49.8 Å². The van der Waals surface area contributed by atoms with E-state index in [9.17, 15) is 4.79 Å². The van der Waals surface area contributed by atoms with Crippen LogP contribution in [-0.4, -0.2) is 9.55 Å². The van der Waals surface area contributed by atoms with Crippen molar-refractivity contribution in [1.82, 2.24) is 9.55 Å². The zero-order chi connectivity index (χ0) is 22.3. The van der Waals surface area contributed by atoms with Gasteiger partial charge >= 0.3 is 0 Å². The lowest BCUT2D eigenvalue weighted by atomic mass is 9.68. The largest absolute Gasteiger partial charge is 0.283 e. The van der Waals surface area contributed by atoms with Gasteiger partial charge in [0.05, 0.1) is 11.3 Å². The first-order valence-electron chi connectivity index (χ1n) is 11.6. The number of aromatic nitrogens is 2. The Bertz CT molecular complexity index is 1250. The maximum atomic E-state index is 14.0. The van der Waals surface area contributed by atoms with Gasteiger partial charge in [-0.25, -0.2) is 4.98 Å². The summed E-state index contributed by atoms with van der Waals surface area (Å²) in [6, 6.07) is 15.1. The summed E-state index contributed by atoms with van der Waals surface area (Å²) in [6.07, 6.45) is 7.30. The molecule has 2 aromatic carbocycles. The van der Waals surface area contributed by atoms with Crippen LogP contribution in [-0.2, 0) is 24.1 Å². The molecule has 1 heterocycles. The summed E-state index contributed by atoms with van der Waals surface area (Å²) in [5.74, 6) is 0.793. The van der Waals surface area contributed by atoms with Crippen molar-refractivity contribution in [2.45, 2.75) is 68.8 Å². The van der Waals surface area contributed by atoms with Crippen LogP contribution in [0.25, 0.3) is 11.3 Å². The van der Waals surface area contributed by atoms with E-state index in [0.29, 0.717) is 6.54 Å². The molecule has 0 bridgehead atoms. The molecule has 1 fully saturated rings. The Balaban J connectivity index is 1.65. The van der Waals surface area contributed by atoms with Crippen molar-refractivity contribution in [1.29, 1.82) is 0 Å². The Hall–Kier alpha value is -2.59. The number of benzene rings is 2. The van der Waals surface area contributed by atoms with Crippen molar-refractivity contribution in [2.24, 2.45) is 0 Å². The van der Waals surface area contributed by atoms with E-state index < -0.39 is 0 Å². The summed E-state index contributed by atoms with van der Waals surface area (Å²) in [5.41, 5.74) is 8.24. The molecule has 0 atom stereocenters. The van der Waals surface area contributed by atoms with Crippen molar-refractivity contribution < 1.29 is 0 Å². The first-order valence-corrected chi connectivity index (χ1v) is 12.5. The first-order chi connectivity index (χ1) is 15.5. The van der Waals surface area contributed by atoms with Crippen LogP contribution in [0.5, 0.6) is 0 Å². The Morgan fingerprint density at radius 3 is 2.69 bits per heavy atom. The van der Waals surface area contributed by atoms with E-state index in [1.807, 2.05) is 10.6 Å². The van der Waals surface area contributed by atoms with Crippen LogP contribution < -0.4 is 5.56 Å². The molecule has 1 spiro atoms. The number of thioether (sulfide) groups is 1. The molecule has 4 heteroatoms. The number of aryl methyl sites for hydroxylation is 2. The molecule has 0 amide bonds. The maximum Gasteiger partial charge on any atom is 0.258 e. The summed E-state index contributed by atoms with van der Waals surface area (Å²) >= 11 is 1.66. The minimum atomic E-state index is -0.0621. The maximum absolute atomic E-state index is 14.0. The smallest absolute Gasteiger partial charge is 0.258 e. The van der Waals surface area contributed by atoms with Crippen molar-refractivity contribution in [3.63, 3.8) is 0 Å². The van der Waals surface area contributed by atoms with Gasteiger partial charge in [0.25, 0.3) is 5.56 Å². The highest BCUT2D eigenvalue weighted by molar-refractivity contribution is 7.98. The third-order valence-corrected chi connectivity index (χ3v) is 8.22. The van der Waals surface area contributed by atoms with Crippen molar-refractivity contribution in [3.8, 4) is 11.3 Å². The van der Waals surface area contributed by atoms with E-state index in [2.05, 4.69) is 62.9 Å². The molecule has 0 N–H and O–H groups in total. The van der Waals surface area contributed by atoms with Crippen LogP contribution >= 0.6 is 11.8 Å². The van der Waals surface area contributed by atoms with Gasteiger partial charge in [0.15, 0.2) is 5.16 Å². The summed E-state index contributed by atoms with van der Waals surface area (Å²) < 4.78 is 1.86. The zero-order valence-corrected chi connectivity index (χ0v) is 19.8. The fraction of sp³-hybridized carbons (Fsp3) is 0.357. The summed E-state index contributed by atoms with van der Waals surface area (Å²) in [7, 11) is 0. The van der Waals surface area contributed by atoms with Crippen molar-refractivity contribution in [2.75, 3.05) is 0 Å². The van der Waals surface area contributed by atoms with Crippen LogP contribution in [0.3, 0.4) is 0 Å². The molecule has 0 aliphatic heterocycles. The average Bonchev–Trinajstić information content (AvgIpc) is 3.23. The second-order valence-corrected chi connectivity index (χ2v) is 10.3. The average molecular weight is 443 g/mol. The minimum absolute atomic E-state index is 0.0621. The Kier molecular flexibility index (Phi) is 5.58. The fourth-order valence-electron chi connectivity index (χ4n) is 5.60. The van der Waals surface area contributed by atoms with Crippen LogP contribution in [0.4, 0.5) is 0 Å². The van der Waals surface area contributed by atoms with E-state index in [1.165, 1.54) is 35.1 Å². The Morgan fingerprint density at radius 2 is 1.94 bits per heavy atom. The van der Waals surface area contributed by atoms with E-state index in [0.717, 1.165) is 47.0 Å². The van der Waals surface area contributed by atoms with Gasteiger partial charge in [-0.15, -0.1) is 6.58 Å². The van der Waals surface area contributed by atoms with Gasteiger partial charge in [-0.2, -0.15) is 0 Å². The molecule has 1 saturated carbocycles. The quantitative estimate of drug-likeness (QED) is 0.261. The summed E-state index contributed by atoms with van der Waals surface area (Å²) in [6.45, 7) is 8.68. The lowest BCUT2D eigenvalue weighted by molar-refractivity contribution is 0.418. The van der Waals surface area contributed by atoms with E-state index in [4.69, 9.17) is 4.98 Å². The second-order valence-electron chi connectivity index (χ2n) is 9.36. The normalized spacial score (nSPS) is 16.1. The third-order valence-electron chi connectivity index (χ3n) is 7.19. The topological polar surface area (TPSA) is 34.9 Å². The molecule has 3 aromatic rings. The number of rotatable bonds is 5. The highest BCUT2D eigenvalue weighted by Gasteiger charge is 2.44. The molecule has 3 nitrogen and oxygen atoms in total. The van der Waals surface area contributed by atoms with Crippen LogP contribution in [0, 0.1) is 13.8 Å². The van der Waals surface area contributed by atoms with Crippen LogP contribution in [0.2, 0.25) is 0 Å². The van der Waals surface area contributed by atoms with E-state index in [-0.39, 0.29) is 11.0 Å². The molecule has 0 radical (unpaired) electrons. The second kappa shape index (κ2) is 8.40. The summed E-state index contributed by atoms with van der Waals surface area (Å²) in [4.78, 5) is 19.2. The monoisotopic (exact) mass is 442 g/mol. The van der Waals surface area contributed by atoms with E-state index in [1.54, 1.807) is 11.8 Å². The fourth-order valence-corrected chi connectivity index (χ4v) is 6.67. The Morgan fingerprint density at radius 1 is 1.16 bits per heavy atom. The highest BCUT2D eigenvalue weighted by Crippen LogP contribution is 2.50. The number of hydrogen-bond donors (Lipinski definition) is 0. The molecular formula is C28H30N2OS. The van der Waals surface area contributed by atoms with Crippen LogP contribution in [0.1, 0.15) is 53.5 Å². The molecular weight excluding hydrogens is 412 g/mol. The highest BCUT2D eigenvalue weighted by atomic mass is 32.2. The first kappa shape index (κ1) is 21.3. The van der Waals surface area contributed by atoms with Gasteiger partial charge in [-0.3, -0.25) is 9.36 Å². The lowest BCUT2D eigenvalue weighted by Gasteiger charge is -2.36. The standard InChI is InChI=1S/C28H30N2OS/c1-4-15-30-26(31)24-25(29-27(30)32-18-22-12-11-19(2)16-20(22)3)23-10-6-5-9-21(23)17-28(24)13-7-8-14-28/h4-6,9-12,16H,1,7-8,13-15,17-18H2,2-3H3. The predicted molar refractivity (Wildman–Crippen MR) is 133 cm³/mol. The molecule has 1 aromatic heterocycles. The third kappa shape index (κ3) is 3.55. The molecule has 2 aliphatic carbocycles. The predicted octanol–water partition coefficient (Wildman–Crippen LogP) is 6.37. The van der Waals surface area contributed by atoms with Crippen LogP contribution in [0.15, 0.2) is 65.1 Å². The van der Waals surface area contributed by atoms with Gasteiger partial charge < -0.3 is 0 Å². The molecule has 0 unspecified atom stereocenters. The molecule has 0 saturated heterocycles. The molecule has 5 rings (SSSR count). The minimum Gasteiger partial charge on any atom is -0.283 e. The van der Waals surface area contributed by atoms with Gasteiger partial charge in [0.1, 0.15) is 0 Å². The molecule has 2 aliphatic rings. The number of hydrogen-bond acceptors (Lipinski definition) is 3. The van der Waals surface area contributed by atoms with E-state index >= 15 is 0 Å². The van der Waals surface area contributed by atoms with Gasteiger partial charge in [0, 0.05) is 23.3 Å². The summed E-state index contributed by atoms with van der Waals surface area (Å²) in [5, 5.41) is 0.790. The number of nitrogens with zero attached hydrogens (tertiary/aromatic N) is 2. The molecule has 164 valence electrons. The van der Waals surface area contributed by atoms with Gasteiger partial charge in [-0.1, -0.05) is 78.7 Å². The number of fused-ring (bicyclic) bond motifs is 4. The lowest BCUT2D eigenvalue weighted by Crippen LogP contribution is -2.40.